The van der Waals surface area contributed by atoms with Crippen LogP contribution in [0, 0.1) is 19.3 Å². The highest BCUT2D eigenvalue weighted by atomic mass is 16.5. The highest BCUT2D eigenvalue weighted by Gasteiger charge is 2.24. The van der Waals surface area contributed by atoms with Crippen LogP contribution in [0.3, 0.4) is 0 Å². The van der Waals surface area contributed by atoms with Gasteiger partial charge in [0.2, 0.25) is 0 Å². The van der Waals surface area contributed by atoms with E-state index in [-0.39, 0.29) is 5.84 Å². The molecule has 3 N–H and O–H groups in total. The molecule has 1 saturated heterocycles. The Bertz CT molecular complexity index is 466. The molecule has 1 atom stereocenters. The van der Waals surface area contributed by atoms with Crippen LogP contribution in [0.2, 0.25) is 0 Å². The third-order valence-corrected chi connectivity index (χ3v) is 3.41. The molecule has 0 aliphatic carbocycles. The van der Waals surface area contributed by atoms with E-state index in [1.807, 2.05) is 27.0 Å². The van der Waals surface area contributed by atoms with Gasteiger partial charge in [-0.25, -0.2) is 0 Å². The lowest BCUT2D eigenvalue weighted by Gasteiger charge is -2.28. The summed E-state index contributed by atoms with van der Waals surface area (Å²) in [5, 5.41) is 7.73. The molecule has 98 valence electrons. The van der Waals surface area contributed by atoms with Crippen molar-refractivity contribution in [3.8, 4) is 0 Å². The Morgan fingerprint density at radius 3 is 2.83 bits per heavy atom. The van der Waals surface area contributed by atoms with Gasteiger partial charge in [0.25, 0.3) is 0 Å². The van der Waals surface area contributed by atoms with Crippen molar-refractivity contribution in [2.75, 3.05) is 25.2 Å². The van der Waals surface area contributed by atoms with Crippen molar-refractivity contribution in [1.29, 1.82) is 5.41 Å². The van der Waals surface area contributed by atoms with Gasteiger partial charge in [-0.05, 0) is 26.3 Å². The molecule has 2 heterocycles. The number of anilines is 1. The second kappa shape index (κ2) is 4.94. The van der Waals surface area contributed by atoms with E-state index < -0.39 is 0 Å². The van der Waals surface area contributed by atoms with Crippen molar-refractivity contribution in [3.63, 3.8) is 0 Å². The number of pyridine rings is 1. The molecule has 1 aromatic rings. The van der Waals surface area contributed by atoms with Gasteiger partial charge >= 0.3 is 0 Å². The summed E-state index contributed by atoms with van der Waals surface area (Å²) in [5.41, 5.74) is 9.15. The SMILES string of the molecule is Cc1cc(N(C)C2CCOC2)c(C(=N)N)c(C)n1. The molecule has 1 aliphatic heterocycles. The van der Waals surface area contributed by atoms with Gasteiger partial charge in [0.05, 0.1) is 29.6 Å². The number of nitrogens with two attached hydrogens (primary N) is 1. The first-order valence-corrected chi connectivity index (χ1v) is 6.14. The highest BCUT2D eigenvalue weighted by molar-refractivity contribution is 6.01. The predicted octanol–water partition coefficient (Wildman–Crippen LogP) is 1.21. The number of aryl methyl sites for hydroxylation is 2. The van der Waals surface area contributed by atoms with E-state index in [9.17, 15) is 0 Å². The topological polar surface area (TPSA) is 75.2 Å². The quantitative estimate of drug-likeness (QED) is 0.622. The van der Waals surface area contributed by atoms with Crippen molar-refractivity contribution in [2.24, 2.45) is 5.73 Å². The Labute approximate surface area is 107 Å². The molecule has 0 aromatic carbocycles. The molecule has 0 bridgehead atoms. The van der Waals surface area contributed by atoms with E-state index >= 15 is 0 Å². The van der Waals surface area contributed by atoms with Crippen molar-refractivity contribution in [3.05, 3.63) is 23.0 Å². The first-order valence-electron chi connectivity index (χ1n) is 6.14. The Kier molecular flexibility index (Phi) is 3.52. The van der Waals surface area contributed by atoms with Crippen LogP contribution in [0.25, 0.3) is 0 Å². The number of ether oxygens (including phenoxy) is 1. The standard InChI is InChI=1S/C13H20N4O/c1-8-6-11(12(13(14)15)9(2)16-8)17(3)10-4-5-18-7-10/h6,10H,4-5,7H2,1-3H3,(H3,14,15). The molecule has 0 radical (unpaired) electrons. The maximum Gasteiger partial charge on any atom is 0.126 e. The first kappa shape index (κ1) is 12.8. The van der Waals surface area contributed by atoms with Crippen LogP contribution in [-0.2, 0) is 4.74 Å². The highest BCUT2D eigenvalue weighted by Crippen LogP contribution is 2.26. The summed E-state index contributed by atoms with van der Waals surface area (Å²) in [4.78, 5) is 6.54. The van der Waals surface area contributed by atoms with Crippen LogP contribution in [0.1, 0.15) is 23.4 Å². The van der Waals surface area contributed by atoms with Crippen LogP contribution in [0.5, 0.6) is 0 Å². The van der Waals surface area contributed by atoms with Gasteiger partial charge in [0.1, 0.15) is 5.84 Å². The zero-order valence-electron chi connectivity index (χ0n) is 11.2. The lowest BCUT2D eigenvalue weighted by atomic mass is 10.1. The molecule has 5 nitrogen and oxygen atoms in total. The first-order chi connectivity index (χ1) is 8.50. The molecule has 5 heteroatoms. The maximum atomic E-state index is 7.73. The third-order valence-electron chi connectivity index (χ3n) is 3.41. The Balaban J connectivity index is 2.44. The molecular formula is C13H20N4O. The molecule has 0 saturated carbocycles. The molecule has 1 unspecified atom stereocenters. The molecule has 0 spiro atoms. The van der Waals surface area contributed by atoms with Crippen LogP contribution < -0.4 is 10.6 Å². The minimum absolute atomic E-state index is 0.0702. The lowest BCUT2D eigenvalue weighted by molar-refractivity contribution is 0.193. The fourth-order valence-electron chi connectivity index (χ4n) is 2.44. The molecule has 1 aliphatic rings. The second-order valence-electron chi connectivity index (χ2n) is 4.79. The van der Waals surface area contributed by atoms with Crippen LogP contribution in [0.15, 0.2) is 6.07 Å². The largest absolute Gasteiger partial charge is 0.384 e. The Hall–Kier alpha value is -1.62. The number of nitrogens with one attached hydrogen (secondary N) is 1. The predicted molar refractivity (Wildman–Crippen MR) is 72.4 cm³/mol. The molecule has 1 aromatic heterocycles. The van der Waals surface area contributed by atoms with Crippen molar-refractivity contribution >= 4 is 11.5 Å². The van der Waals surface area contributed by atoms with Crippen molar-refractivity contribution in [1.82, 2.24) is 4.98 Å². The van der Waals surface area contributed by atoms with E-state index in [0.29, 0.717) is 6.04 Å². The number of nitrogens with zero attached hydrogens (tertiary/aromatic N) is 2. The van der Waals surface area contributed by atoms with E-state index in [4.69, 9.17) is 15.9 Å². The van der Waals surface area contributed by atoms with E-state index in [1.165, 1.54) is 0 Å². The lowest BCUT2D eigenvalue weighted by Crippen LogP contribution is -2.34. The summed E-state index contributed by atoms with van der Waals surface area (Å²) in [7, 11) is 2.03. The number of amidine groups is 1. The minimum Gasteiger partial charge on any atom is -0.384 e. The number of rotatable bonds is 3. The molecule has 0 amide bonds. The summed E-state index contributed by atoms with van der Waals surface area (Å²) in [5.74, 6) is 0.0702. The summed E-state index contributed by atoms with van der Waals surface area (Å²) in [6, 6.07) is 2.34. The summed E-state index contributed by atoms with van der Waals surface area (Å²) >= 11 is 0. The van der Waals surface area contributed by atoms with Gasteiger partial charge in [-0.3, -0.25) is 10.4 Å². The summed E-state index contributed by atoms with van der Waals surface area (Å²) < 4.78 is 5.42. The number of aromatic nitrogens is 1. The van der Waals surface area contributed by atoms with E-state index in [2.05, 4.69) is 9.88 Å². The van der Waals surface area contributed by atoms with Gasteiger partial charge < -0.3 is 15.4 Å². The van der Waals surface area contributed by atoms with Gasteiger partial charge in [0, 0.05) is 19.3 Å². The fraction of sp³-hybridized carbons (Fsp3) is 0.538. The fourth-order valence-corrected chi connectivity index (χ4v) is 2.44. The molecule has 2 rings (SSSR count). The smallest absolute Gasteiger partial charge is 0.126 e. The number of hydrogen-bond donors (Lipinski definition) is 2. The van der Waals surface area contributed by atoms with E-state index in [0.717, 1.165) is 42.3 Å². The normalized spacial score (nSPS) is 18.9. The summed E-state index contributed by atoms with van der Waals surface area (Å²) in [6.45, 7) is 5.38. The number of likely N-dealkylation sites (N-methyl/N-ethyl adjacent to an activating group) is 1. The average molecular weight is 248 g/mol. The molecule has 1 fully saturated rings. The summed E-state index contributed by atoms with van der Waals surface area (Å²) in [6.07, 6.45) is 1.01. The third kappa shape index (κ3) is 2.31. The van der Waals surface area contributed by atoms with Crippen LogP contribution in [0.4, 0.5) is 5.69 Å². The van der Waals surface area contributed by atoms with Crippen molar-refractivity contribution in [2.45, 2.75) is 26.3 Å². The number of hydrogen-bond acceptors (Lipinski definition) is 4. The average Bonchev–Trinajstić information content (AvgIpc) is 2.79. The zero-order chi connectivity index (χ0) is 13.3. The van der Waals surface area contributed by atoms with Gasteiger partial charge in [-0.2, -0.15) is 0 Å². The molecular weight excluding hydrogens is 228 g/mol. The van der Waals surface area contributed by atoms with E-state index in [1.54, 1.807) is 0 Å². The van der Waals surface area contributed by atoms with Crippen molar-refractivity contribution < 1.29 is 4.74 Å². The minimum atomic E-state index is 0.0702. The van der Waals surface area contributed by atoms with Crippen LogP contribution >= 0.6 is 0 Å². The van der Waals surface area contributed by atoms with Gasteiger partial charge in [0.15, 0.2) is 0 Å². The number of nitrogen functional groups attached to an aromatic ring is 1. The van der Waals surface area contributed by atoms with Gasteiger partial charge in [-0.1, -0.05) is 0 Å². The zero-order valence-corrected chi connectivity index (χ0v) is 11.2. The van der Waals surface area contributed by atoms with Crippen LogP contribution in [-0.4, -0.2) is 37.1 Å². The second-order valence-corrected chi connectivity index (χ2v) is 4.79. The maximum absolute atomic E-state index is 7.73. The monoisotopic (exact) mass is 248 g/mol. The van der Waals surface area contributed by atoms with Gasteiger partial charge in [-0.15, -0.1) is 0 Å². The molecule has 18 heavy (non-hydrogen) atoms. The Morgan fingerprint density at radius 1 is 1.56 bits per heavy atom. The Morgan fingerprint density at radius 2 is 2.28 bits per heavy atom.